The maximum atomic E-state index is 13.3. The van der Waals surface area contributed by atoms with Crippen LogP contribution in [0.2, 0.25) is 10.0 Å². The second-order valence-corrected chi connectivity index (χ2v) is 4.67. The van der Waals surface area contributed by atoms with Gasteiger partial charge in [0, 0.05) is 11.8 Å². The molecule has 0 aliphatic carbocycles. The van der Waals surface area contributed by atoms with Crippen LogP contribution in [0.5, 0.6) is 0 Å². The number of rotatable bonds is 2. The van der Waals surface area contributed by atoms with E-state index >= 15 is 0 Å². The Bertz CT molecular complexity index is 671. The Kier molecular flexibility index (Phi) is 4.20. The number of amides is 1. The first-order valence-corrected chi connectivity index (χ1v) is 6.04. The van der Waals surface area contributed by atoms with Gasteiger partial charge in [-0.25, -0.2) is 13.2 Å². The molecule has 2 aromatic carbocycles. The lowest BCUT2D eigenvalue weighted by Gasteiger charge is -2.08. The number of benzene rings is 2. The Balaban J connectivity index is 2.30. The lowest BCUT2D eigenvalue weighted by atomic mass is 10.2. The van der Waals surface area contributed by atoms with E-state index in [1.54, 1.807) is 0 Å². The second kappa shape index (κ2) is 5.73. The molecule has 1 amide bonds. The minimum Gasteiger partial charge on any atom is -0.322 e. The number of carbonyl (C=O) groups is 1. The molecule has 0 aromatic heterocycles. The zero-order chi connectivity index (χ0) is 14.9. The summed E-state index contributed by atoms with van der Waals surface area (Å²) in [6, 6.07) is 4.40. The monoisotopic (exact) mass is 319 g/mol. The third-order valence-electron chi connectivity index (χ3n) is 2.38. The summed E-state index contributed by atoms with van der Waals surface area (Å²) in [5.41, 5.74) is -0.308. The molecule has 0 heterocycles. The van der Waals surface area contributed by atoms with Crippen molar-refractivity contribution in [2.24, 2.45) is 0 Å². The van der Waals surface area contributed by atoms with Crippen LogP contribution < -0.4 is 5.32 Å². The van der Waals surface area contributed by atoms with Crippen molar-refractivity contribution in [3.8, 4) is 0 Å². The quantitative estimate of drug-likeness (QED) is 0.801. The Morgan fingerprint density at radius 1 is 0.900 bits per heavy atom. The first-order chi connectivity index (χ1) is 9.36. The summed E-state index contributed by atoms with van der Waals surface area (Å²) >= 11 is 11.3. The smallest absolute Gasteiger partial charge is 0.257 e. The summed E-state index contributed by atoms with van der Waals surface area (Å²) in [5, 5.41) is 1.90. The van der Waals surface area contributed by atoms with E-state index in [0.717, 1.165) is 24.3 Å². The molecule has 1 N–H and O–H groups in total. The molecule has 0 fully saturated rings. The highest BCUT2D eigenvalue weighted by molar-refractivity contribution is 6.37. The first kappa shape index (κ1) is 14.7. The van der Waals surface area contributed by atoms with Crippen LogP contribution >= 0.6 is 23.2 Å². The predicted octanol–water partition coefficient (Wildman–Crippen LogP) is 4.66. The van der Waals surface area contributed by atoms with Crippen molar-refractivity contribution >= 4 is 34.8 Å². The van der Waals surface area contributed by atoms with Crippen molar-refractivity contribution in [2.45, 2.75) is 0 Å². The summed E-state index contributed by atoms with van der Waals surface area (Å²) in [5.74, 6) is -3.34. The van der Waals surface area contributed by atoms with Gasteiger partial charge in [0.15, 0.2) is 0 Å². The Morgan fingerprint density at radius 2 is 1.50 bits per heavy atom. The van der Waals surface area contributed by atoms with E-state index in [2.05, 4.69) is 5.32 Å². The zero-order valence-corrected chi connectivity index (χ0v) is 11.2. The summed E-state index contributed by atoms with van der Waals surface area (Å²) in [6.07, 6.45) is 0. The van der Waals surface area contributed by atoms with E-state index in [4.69, 9.17) is 23.2 Å². The highest BCUT2D eigenvalue weighted by atomic mass is 35.5. The van der Waals surface area contributed by atoms with Crippen LogP contribution in [-0.4, -0.2) is 5.91 Å². The molecule has 20 heavy (non-hydrogen) atoms. The van der Waals surface area contributed by atoms with Gasteiger partial charge in [0.1, 0.15) is 17.5 Å². The molecule has 7 heteroatoms. The average Bonchev–Trinajstić information content (AvgIpc) is 2.32. The molecule has 0 aliphatic heterocycles. The first-order valence-electron chi connectivity index (χ1n) is 5.29. The Labute approximate surface area is 122 Å². The fourth-order valence-electron chi connectivity index (χ4n) is 1.52. The largest absolute Gasteiger partial charge is 0.322 e. The summed E-state index contributed by atoms with van der Waals surface area (Å²) in [7, 11) is 0. The van der Waals surface area contributed by atoms with Gasteiger partial charge in [-0.2, -0.15) is 0 Å². The number of hydrogen-bond donors (Lipinski definition) is 1. The molecule has 0 radical (unpaired) electrons. The SMILES string of the molecule is O=C(Nc1cc(F)cc(F)c1)c1cc(F)c(Cl)cc1Cl. The normalized spacial score (nSPS) is 10.4. The predicted molar refractivity (Wildman–Crippen MR) is 70.7 cm³/mol. The van der Waals surface area contributed by atoms with Crippen molar-refractivity contribution in [3.05, 3.63) is 63.4 Å². The topological polar surface area (TPSA) is 29.1 Å². The van der Waals surface area contributed by atoms with Crippen molar-refractivity contribution < 1.29 is 18.0 Å². The lowest BCUT2D eigenvalue weighted by molar-refractivity contribution is 0.102. The molecule has 0 saturated carbocycles. The highest BCUT2D eigenvalue weighted by Crippen LogP contribution is 2.25. The van der Waals surface area contributed by atoms with Gasteiger partial charge in [-0.15, -0.1) is 0 Å². The molecule has 0 bridgehead atoms. The van der Waals surface area contributed by atoms with E-state index < -0.39 is 23.4 Å². The van der Waals surface area contributed by atoms with Crippen LogP contribution in [0, 0.1) is 17.5 Å². The van der Waals surface area contributed by atoms with E-state index in [1.807, 2.05) is 0 Å². The van der Waals surface area contributed by atoms with Gasteiger partial charge in [-0.05, 0) is 24.3 Å². The fourth-order valence-corrected chi connectivity index (χ4v) is 1.99. The number of hydrogen-bond acceptors (Lipinski definition) is 1. The van der Waals surface area contributed by atoms with Gasteiger partial charge < -0.3 is 5.32 Å². The average molecular weight is 320 g/mol. The van der Waals surface area contributed by atoms with Crippen molar-refractivity contribution in [3.63, 3.8) is 0 Å². The van der Waals surface area contributed by atoms with E-state index in [1.165, 1.54) is 0 Å². The number of carbonyl (C=O) groups excluding carboxylic acids is 1. The number of halogens is 5. The zero-order valence-electron chi connectivity index (χ0n) is 9.68. The van der Waals surface area contributed by atoms with E-state index in [0.29, 0.717) is 6.07 Å². The third kappa shape index (κ3) is 3.23. The fraction of sp³-hybridized carbons (Fsp3) is 0. The third-order valence-corrected chi connectivity index (χ3v) is 2.98. The Hall–Kier alpha value is -1.72. The van der Waals surface area contributed by atoms with Gasteiger partial charge in [-0.1, -0.05) is 23.2 Å². The lowest BCUT2D eigenvalue weighted by Crippen LogP contribution is -2.13. The van der Waals surface area contributed by atoms with Crippen LogP contribution in [-0.2, 0) is 0 Å². The molecule has 0 spiro atoms. The standard InChI is InChI=1S/C13H6Cl2F3NO/c14-10-5-11(15)12(18)4-9(10)13(20)19-8-2-6(16)1-7(17)3-8/h1-5H,(H,19,20). The molecular weight excluding hydrogens is 314 g/mol. The molecule has 2 rings (SSSR count). The maximum Gasteiger partial charge on any atom is 0.257 e. The van der Waals surface area contributed by atoms with Gasteiger partial charge in [-0.3, -0.25) is 4.79 Å². The van der Waals surface area contributed by atoms with Crippen molar-refractivity contribution in [1.29, 1.82) is 0 Å². The highest BCUT2D eigenvalue weighted by Gasteiger charge is 2.15. The molecular formula is C13H6Cl2F3NO. The molecule has 0 unspecified atom stereocenters. The van der Waals surface area contributed by atoms with Crippen LogP contribution in [0.3, 0.4) is 0 Å². The van der Waals surface area contributed by atoms with Gasteiger partial charge in [0.05, 0.1) is 15.6 Å². The van der Waals surface area contributed by atoms with Crippen LogP contribution in [0.4, 0.5) is 18.9 Å². The number of nitrogens with one attached hydrogen (secondary N) is 1. The molecule has 0 saturated heterocycles. The van der Waals surface area contributed by atoms with Crippen molar-refractivity contribution in [2.75, 3.05) is 5.32 Å². The summed E-state index contributed by atoms with van der Waals surface area (Å²) in [6.45, 7) is 0. The minimum atomic E-state index is -0.853. The van der Waals surface area contributed by atoms with Crippen LogP contribution in [0.1, 0.15) is 10.4 Å². The van der Waals surface area contributed by atoms with Gasteiger partial charge in [0.2, 0.25) is 0 Å². The van der Waals surface area contributed by atoms with Crippen LogP contribution in [0.15, 0.2) is 30.3 Å². The molecule has 0 aliphatic rings. The van der Waals surface area contributed by atoms with Crippen molar-refractivity contribution in [1.82, 2.24) is 0 Å². The van der Waals surface area contributed by atoms with Crippen LogP contribution in [0.25, 0.3) is 0 Å². The van der Waals surface area contributed by atoms with Gasteiger partial charge in [0.25, 0.3) is 5.91 Å². The van der Waals surface area contributed by atoms with Gasteiger partial charge >= 0.3 is 0 Å². The Morgan fingerprint density at radius 3 is 2.10 bits per heavy atom. The molecule has 2 nitrogen and oxygen atoms in total. The minimum absolute atomic E-state index is 0.0780. The summed E-state index contributed by atoms with van der Waals surface area (Å²) in [4.78, 5) is 11.9. The number of anilines is 1. The summed E-state index contributed by atoms with van der Waals surface area (Å²) < 4.78 is 39.3. The molecule has 104 valence electrons. The second-order valence-electron chi connectivity index (χ2n) is 3.86. The maximum absolute atomic E-state index is 13.3. The molecule has 0 atom stereocenters. The van der Waals surface area contributed by atoms with E-state index in [-0.39, 0.29) is 21.3 Å². The van der Waals surface area contributed by atoms with E-state index in [9.17, 15) is 18.0 Å². The molecule has 2 aromatic rings.